The monoisotopic (exact) mass is 299 g/mol. The molecule has 0 bridgehead atoms. The van der Waals surface area contributed by atoms with Crippen LogP contribution in [0.5, 0.6) is 0 Å². The highest BCUT2D eigenvalue weighted by atomic mass is 16.5. The number of carbonyl (C=O) groups excluding carboxylic acids is 1. The van der Waals surface area contributed by atoms with E-state index in [2.05, 4.69) is 0 Å². The molecule has 0 aromatic carbocycles. The minimum absolute atomic E-state index is 0.173. The molecule has 0 radical (unpaired) electrons. The fourth-order valence-corrected chi connectivity index (χ4v) is 3.81. The molecule has 2 aliphatic rings. The molecular formula is C16H29NO4. The van der Waals surface area contributed by atoms with Crippen molar-refractivity contribution in [2.75, 3.05) is 20.8 Å². The lowest BCUT2D eigenvalue weighted by atomic mass is 9.86. The second-order valence-corrected chi connectivity index (χ2v) is 6.43. The van der Waals surface area contributed by atoms with Gasteiger partial charge in [0.2, 0.25) is 0 Å². The van der Waals surface area contributed by atoms with Gasteiger partial charge in [-0.25, -0.2) is 0 Å². The van der Waals surface area contributed by atoms with Crippen molar-refractivity contribution >= 4 is 5.97 Å². The summed E-state index contributed by atoms with van der Waals surface area (Å²) in [6, 6.07) is 0. The molecule has 5 heteroatoms. The molecule has 0 saturated heterocycles. The summed E-state index contributed by atoms with van der Waals surface area (Å²) in [4.78, 5) is 11.9. The van der Waals surface area contributed by atoms with Gasteiger partial charge >= 0.3 is 5.97 Å². The Morgan fingerprint density at radius 1 is 1.19 bits per heavy atom. The SMILES string of the molecule is COC(=O)C1(N)CCCC1CCOC1CCCC(OC)C1. The van der Waals surface area contributed by atoms with Crippen LogP contribution in [0, 0.1) is 5.92 Å². The van der Waals surface area contributed by atoms with Crippen LogP contribution < -0.4 is 5.73 Å². The Kier molecular flexibility index (Phi) is 6.02. The molecule has 0 aromatic rings. The van der Waals surface area contributed by atoms with E-state index in [-0.39, 0.29) is 18.0 Å². The zero-order valence-electron chi connectivity index (χ0n) is 13.3. The van der Waals surface area contributed by atoms with Gasteiger partial charge in [0.25, 0.3) is 0 Å². The molecule has 0 spiro atoms. The number of methoxy groups -OCH3 is 2. The van der Waals surface area contributed by atoms with Gasteiger partial charge in [0.15, 0.2) is 0 Å². The van der Waals surface area contributed by atoms with E-state index in [1.54, 1.807) is 7.11 Å². The number of hydrogen-bond acceptors (Lipinski definition) is 5. The summed E-state index contributed by atoms with van der Waals surface area (Å²) >= 11 is 0. The molecule has 2 fully saturated rings. The van der Waals surface area contributed by atoms with Gasteiger partial charge < -0.3 is 19.9 Å². The number of esters is 1. The van der Waals surface area contributed by atoms with Crippen molar-refractivity contribution in [3.05, 3.63) is 0 Å². The average molecular weight is 299 g/mol. The second-order valence-electron chi connectivity index (χ2n) is 6.43. The summed E-state index contributed by atoms with van der Waals surface area (Å²) in [5, 5.41) is 0. The number of rotatable bonds is 6. The van der Waals surface area contributed by atoms with Crippen LogP contribution in [-0.2, 0) is 19.0 Å². The lowest BCUT2D eigenvalue weighted by molar-refractivity contribution is -0.148. The summed E-state index contributed by atoms with van der Waals surface area (Å²) in [6.07, 6.45) is 8.53. The van der Waals surface area contributed by atoms with Gasteiger partial charge in [-0.1, -0.05) is 6.42 Å². The zero-order chi connectivity index (χ0) is 15.3. The maximum absolute atomic E-state index is 11.9. The Morgan fingerprint density at radius 2 is 1.95 bits per heavy atom. The maximum Gasteiger partial charge on any atom is 0.326 e. The van der Waals surface area contributed by atoms with E-state index in [1.165, 1.54) is 7.11 Å². The van der Waals surface area contributed by atoms with E-state index in [4.69, 9.17) is 19.9 Å². The van der Waals surface area contributed by atoms with Gasteiger partial charge in [0.1, 0.15) is 5.54 Å². The van der Waals surface area contributed by atoms with E-state index >= 15 is 0 Å². The molecule has 2 N–H and O–H groups in total. The molecule has 0 aromatic heterocycles. The number of ether oxygens (including phenoxy) is 3. The molecule has 5 nitrogen and oxygen atoms in total. The van der Waals surface area contributed by atoms with Gasteiger partial charge in [0, 0.05) is 13.7 Å². The van der Waals surface area contributed by atoms with Crippen molar-refractivity contribution in [1.82, 2.24) is 0 Å². The van der Waals surface area contributed by atoms with Gasteiger partial charge in [-0.2, -0.15) is 0 Å². The summed E-state index contributed by atoms with van der Waals surface area (Å²) in [7, 11) is 3.18. The summed E-state index contributed by atoms with van der Waals surface area (Å²) in [6.45, 7) is 0.668. The van der Waals surface area contributed by atoms with Gasteiger partial charge in [-0.3, -0.25) is 4.79 Å². The lowest BCUT2D eigenvalue weighted by Gasteiger charge is -2.31. The van der Waals surface area contributed by atoms with Crippen molar-refractivity contribution in [3.63, 3.8) is 0 Å². The highest BCUT2D eigenvalue weighted by Crippen LogP contribution is 2.37. The van der Waals surface area contributed by atoms with Crippen molar-refractivity contribution < 1.29 is 19.0 Å². The highest BCUT2D eigenvalue weighted by molar-refractivity contribution is 5.81. The maximum atomic E-state index is 11.9. The van der Waals surface area contributed by atoms with Crippen molar-refractivity contribution in [3.8, 4) is 0 Å². The average Bonchev–Trinajstić information content (AvgIpc) is 2.89. The first-order chi connectivity index (χ1) is 10.1. The van der Waals surface area contributed by atoms with Crippen LogP contribution in [-0.4, -0.2) is 44.5 Å². The largest absolute Gasteiger partial charge is 0.468 e. The smallest absolute Gasteiger partial charge is 0.326 e. The first-order valence-electron chi connectivity index (χ1n) is 8.12. The predicted molar refractivity (Wildman–Crippen MR) is 79.9 cm³/mol. The van der Waals surface area contributed by atoms with E-state index in [0.29, 0.717) is 12.7 Å². The molecule has 4 unspecified atom stereocenters. The predicted octanol–water partition coefficient (Wildman–Crippen LogP) is 2.02. The Morgan fingerprint density at radius 3 is 2.67 bits per heavy atom. The Balaban J connectivity index is 1.76. The summed E-state index contributed by atoms with van der Waals surface area (Å²) in [5.74, 6) is -0.103. The molecule has 4 atom stereocenters. The zero-order valence-corrected chi connectivity index (χ0v) is 13.3. The van der Waals surface area contributed by atoms with Gasteiger partial charge in [-0.05, 0) is 50.9 Å². The topological polar surface area (TPSA) is 70.8 Å². The van der Waals surface area contributed by atoms with Crippen LogP contribution in [0.15, 0.2) is 0 Å². The van der Waals surface area contributed by atoms with Crippen LogP contribution in [0.3, 0.4) is 0 Å². The molecule has 2 saturated carbocycles. The Hall–Kier alpha value is -0.650. The van der Waals surface area contributed by atoms with Gasteiger partial charge in [-0.15, -0.1) is 0 Å². The van der Waals surface area contributed by atoms with Crippen molar-refractivity contribution in [2.24, 2.45) is 11.7 Å². The van der Waals surface area contributed by atoms with Crippen LogP contribution in [0.2, 0.25) is 0 Å². The minimum atomic E-state index is -0.806. The Labute approximate surface area is 127 Å². The summed E-state index contributed by atoms with van der Waals surface area (Å²) in [5.41, 5.74) is 5.46. The minimum Gasteiger partial charge on any atom is -0.468 e. The molecule has 122 valence electrons. The van der Waals surface area contributed by atoms with Crippen LogP contribution >= 0.6 is 0 Å². The first-order valence-corrected chi connectivity index (χ1v) is 8.12. The lowest BCUT2D eigenvalue weighted by Crippen LogP contribution is -2.52. The highest BCUT2D eigenvalue weighted by Gasteiger charge is 2.46. The molecule has 21 heavy (non-hydrogen) atoms. The third-order valence-electron chi connectivity index (χ3n) is 5.17. The molecule has 0 aliphatic heterocycles. The quantitative estimate of drug-likeness (QED) is 0.760. The number of carbonyl (C=O) groups is 1. The number of hydrogen-bond donors (Lipinski definition) is 1. The van der Waals surface area contributed by atoms with E-state index in [1.807, 2.05) is 0 Å². The molecule has 0 heterocycles. The van der Waals surface area contributed by atoms with Gasteiger partial charge in [0.05, 0.1) is 19.3 Å². The van der Waals surface area contributed by atoms with Crippen LogP contribution in [0.25, 0.3) is 0 Å². The normalized spacial score (nSPS) is 36.6. The molecular weight excluding hydrogens is 270 g/mol. The van der Waals surface area contributed by atoms with E-state index < -0.39 is 5.54 Å². The standard InChI is InChI=1S/C16H29NO4/c1-19-13-6-3-7-14(11-13)21-10-8-12-5-4-9-16(12,17)15(18)20-2/h12-14H,3-11,17H2,1-2H3. The molecule has 2 rings (SSSR count). The second kappa shape index (κ2) is 7.56. The molecule has 0 amide bonds. The fourth-order valence-electron chi connectivity index (χ4n) is 3.81. The van der Waals surface area contributed by atoms with Crippen molar-refractivity contribution in [1.29, 1.82) is 0 Å². The fraction of sp³-hybridized carbons (Fsp3) is 0.938. The Bertz CT molecular complexity index is 349. The molecule has 2 aliphatic carbocycles. The third-order valence-corrected chi connectivity index (χ3v) is 5.17. The third kappa shape index (κ3) is 3.96. The summed E-state index contributed by atoms with van der Waals surface area (Å²) < 4.78 is 16.3. The first kappa shape index (κ1) is 16.7. The van der Waals surface area contributed by atoms with E-state index in [0.717, 1.165) is 51.4 Å². The van der Waals surface area contributed by atoms with Crippen LogP contribution in [0.1, 0.15) is 51.4 Å². The van der Waals surface area contributed by atoms with E-state index in [9.17, 15) is 4.79 Å². The van der Waals surface area contributed by atoms with Crippen LogP contribution in [0.4, 0.5) is 0 Å². The number of nitrogens with two attached hydrogens (primary N) is 1. The van der Waals surface area contributed by atoms with Crippen molar-refractivity contribution in [2.45, 2.75) is 69.1 Å².